The summed E-state index contributed by atoms with van der Waals surface area (Å²) in [5.74, 6) is 1.37. The monoisotopic (exact) mass is 324 g/mol. The van der Waals surface area contributed by atoms with Crippen molar-refractivity contribution in [2.45, 2.75) is 44.1 Å². The van der Waals surface area contributed by atoms with E-state index in [4.69, 9.17) is 0 Å². The third-order valence-electron chi connectivity index (χ3n) is 5.94. The van der Waals surface area contributed by atoms with Crippen LogP contribution in [0.4, 0.5) is 0 Å². The van der Waals surface area contributed by atoms with Gasteiger partial charge in [0.15, 0.2) is 0 Å². The molecule has 2 aromatic rings. The molecule has 5 rings (SSSR count). The predicted octanol–water partition coefficient (Wildman–Crippen LogP) is 1.81. The number of carbonyl (C=O) groups excluding carboxylic acids is 1. The average Bonchev–Trinajstić information content (AvgIpc) is 3.17. The summed E-state index contributed by atoms with van der Waals surface area (Å²) in [6, 6.07) is 2.26. The molecule has 1 saturated heterocycles. The number of aromatic nitrogens is 5. The molecule has 2 aliphatic carbocycles. The molecule has 0 radical (unpaired) electrons. The molecule has 3 heterocycles. The number of likely N-dealkylation sites (tertiary alicyclic amines) is 1. The van der Waals surface area contributed by atoms with E-state index in [0.29, 0.717) is 24.2 Å². The van der Waals surface area contributed by atoms with Gasteiger partial charge in [-0.15, -0.1) is 10.2 Å². The van der Waals surface area contributed by atoms with E-state index in [-0.39, 0.29) is 11.3 Å². The van der Waals surface area contributed by atoms with Gasteiger partial charge in [-0.3, -0.25) is 4.79 Å². The third kappa shape index (κ3) is 2.07. The van der Waals surface area contributed by atoms with E-state index in [1.54, 1.807) is 12.3 Å². The van der Waals surface area contributed by atoms with Gasteiger partial charge in [-0.1, -0.05) is 6.42 Å². The van der Waals surface area contributed by atoms with Crippen LogP contribution in [0.3, 0.4) is 0 Å². The number of rotatable bonds is 3. The van der Waals surface area contributed by atoms with Crippen molar-refractivity contribution in [2.24, 2.45) is 5.41 Å². The number of carbonyl (C=O) groups is 1. The minimum Gasteiger partial charge on any atom is -0.336 e. The van der Waals surface area contributed by atoms with Crippen LogP contribution in [0.1, 0.15) is 60.4 Å². The molecular formula is C17H20N6O. The Morgan fingerprint density at radius 1 is 1.29 bits per heavy atom. The molecule has 1 amide bonds. The first-order chi connectivity index (χ1) is 11.8. The molecule has 3 fully saturated rings. The van der Waals surface area contributed by atoms with E-state index in [1.165, 1.54) is 38.4 Å². The highest BCUT2D eigenvalue weighted by Gasteiger charge is 2.54. The van der Waals surface area contributed by atoms with Gasteiger partial charge in [-0.05, 0) is 37.2 Å². The fourth-order valence-corrected chi connectivity index (χ4v) is 4.33. The van der Waals surface area contributed by atoms with Crippen LogP contribution in [0.25, 0.3) is 0 Å². The highest BCUT2D eigenvalue weighted by Crippen LogP contribution is 2.56. The molecule has 0 N–H and O–H groups in total. The first-order valence-electron chi connectivity index (χ1n) is 8.71. The fourth-order valence-electron chi connectivity index (χ4n) is 4.33. The predicted molar refractivity (Wildman–Crippen MR) is 85.3 cm³/mol. The summed E-state index contributed by atoms with van der Waals surface area (Å²) >= 11 is 0. The second-order valence-electron chi connectivity index (χ2n) is 7.38. The number of hydrogen-bond acceptors (Lipinski definition) is 5. The van der Waals surface area contributed by atoms with Crippen LogP contribution < -0.4 is 0 Å². The zero-order valence-corrected chi connectivity index (χ0v) is 13.5. The van der Waals surface area contributed by atoms with Crippen LogP contribution >= 0.6 is 0 Å². The lowest BCUT2D eigenvalue weighted by Crippen LogP contribution is -2.38. The smallest absolute Gasteiger partial charge is 0.272 e. The summed E-state index contributed by atoms with van der Waals surface area (Å²) < 4.78 is 2.25. The van der Waals surface area contributed by atoms with Gasteiger partial charge in [-0.2, -0.15) is 0 Å². The lowest BCUT2D eigenvalue weighted by atomic mass is 9.62. The van der Waals surface area contributed by atoms with Crippen LogP contribution in [0.15, 0.2) is 24.9 Å². The van der Waals surface area contributed by atoms with Gasteiger partial charge in [0, 0.05) is 31.2 Å². The molecule has 3 aliphatic rings. The van der Waals surface area contributed by atoms with Gasteiger partial charge in [0.25, 0.3) is 5.91 Å². The van der Waals surface area contributed by atoms with Gasteiger partial charge in [0.2, 0.25) is 0 Å². The molecule has 1 unspecified atom stereocenters. The number of nitrogens with zero attached hydrogens (tertiary/aromatic N) is 6. The van der Waals surface area contributed by atoms with E-state index >= 15 is 0 Å². The molecule has 2 saturated carbocycles. The van der Waals surface area contributed by atoms with E-state index < -0.39 is 0 Å². The quantitative estimate of drug-likeness (QED) is 0.860. The molecule has 1 atom stereocenters. The first-order valence-corrected chi connectivity index (χ1v) is 8.71. The van der Waals surface area contributed by atoms with Gasteiger partial charge in [0.05, 0.1) is 0 Å². The van der Waals surface area contributed by atoms with E-state index in [9.17, 15) is 4.79 Å². The Hall–Kier alpha value is -2.31. The van der Waals surface area contributed by atoms with Gasteiger partial charge >= 0.3 is 0 Å². The van der Waals surface area contributed by atoms with Crippen LogP contribution in [0, 0.1) is 5.41 Å². The minimum absolute atomic E-state index is 0.00339. The first kappa shape index (κ1) is 14.1. The SMILES string of the molecule is O=C(c1ccncn1)N1CC(c2nncn2C2CC2)C2(CCC2)C1. The second kappa shape index (κ2) is 5.09. The van der Waals surface area contributed by atoms with Crippen molar-refractivity contribution in [1.29, 1.82) is 0 Å². The molecular weight excluding hydrogens is 304 g/mol. The molecule has 7 nitrogen and oxygen atoms in total. The summed E-state index contributed by atoms with van der Waals surface area (Å²) in [7, 11) is 0. The molecule has 0 bridgehead atoms. The summed E-state index contributed by atoms with van der Waals surface area (Å²) in [6.07, 6.45) is 10.9. The van der Waals surface area contributed by atoms with Gasteiger partial charge < -0.3 is 9.47 Å². The largest absolute Gasteiger partial charge is 0.336 e. The highest BCUT2D eigenvalue weighted by molar-refractivity contribution is 5.92. The number of hydrogen-bond donors (Lipinski definition) is 0. The van der Waals surface area contributed by atoms with Gasteiger partial charge in [0.1, 0.15) is 24.2 Å². The van der Waals surface area contributed by atoms with Crippen LogP contribution in [-0.2, 0) is 0 Å². The Bertz CT molecular complexity index is 764. The molecule has 0 aromatic carbocycles. The van der Waals surface area contributed by atoms with E-state index in [0.717, 1.165) is 12.4 Å². The molecule has 24 heavy (non-hydrogen) atoms. The Balaban J connectivity index is 1.45. The highest BCUT2D eigenvalue weighted by atomic mass is 16.2. The molecule has 7 heteroatoms. The Morgan fingerprint density at radius 3 is 2.83 bits per heavy atom. The summed E-state index contributed by atoms with van der Waals surface area (Å²) in [5.41, 5.74) is 0.659. The van der Waals surface area contributed by atoms with E-state index in [1.807, 2.05) is 11.2 Å². The van der Waals surface area contributed by atoms with Gasteiger partial charge in [-0.25, -0.2) is 9.97 Å². The second-order valence-corrected chi connectivity index (χ2v) is 7.38. The van der Waals surface area contributed by atoms with Crippen LogP contribution in [0.5, 0.6) is 0 Å². The summed E-state index contributed by atoms with van der Waals surface area (Å²) in [6.45, 7) is 1.52. The maximum Gasteiger partial charge on any atom is 0.272 e. The fraction of sp³-hybridized carbons (Fsp3) is 0.588. The molecule has 124 valence electrons. The molecule has 1 aliphatic heterocycles. The van der Waals surface area contributed by atoms with Crippen molar-refractivity contribution in [3.05, 3.63) is 36.4 Å². The molecule has 1 spiro atoms. The van der Waals surface area contributed by atoms with E-state index in [2.05, 4.69) is 24.7 Å². The molecule has 2 aromatic heterocycles. The van der Waals surface area contributed by atoms with Crippen molar-refractivity contribution in [3.8, 4) is 0 Å². The van der Waals surface area contributed by atoms with Crippen molar-refractivity contribution in [3.63, 3.8) is 0 Å². The zero-order valence-electron chi connectivity index (χ0n) is 13.5. The lowest BCUT2D eigenvalue weighted by molar-refractivity contribution is 0.0717. The van der Waals surface area contributed by atoms with Crippen LogP contribution in [0.2, 0.25) is 0 Å². The standard InChI is InChI=1S/C17H20N6O/c24-16(14-4-7-18-10-19-14)22-8-13(17(9-22)5-1-6-17)15-21-20-11-23(15)12-2-3-12/h4,7,10-13H,1-3,5-6,8-9H2. The average molecular weight is 324 g/mol. The zero-order chi connectivity index (χ0) is 16.1. The number of amides is 1. The third-order valence-corrected chi connectivity index (χ3v) is 5.94. The summed E-state index contributed by atoms with van der Waals surface area (Å²) in [5, 5.41) is 8.62. The lowest BCUT2D eigenvalue weighted by Gasteiger charge is -2.42. The van der Waals surface area contributed by atoms with Crippen LogP contribution in [-0.4, -0.2) is 48.6 Å². The summed E-state index contributed by atoms with van der Waals surface area (Å²) in [4.78, 5) is 22.8. The minimum atomic E-state index is 0.00339. The topological polar surface area (TPSA) is 76.8 Å². The maximum atomic E-state index is 12.8. The van der Waals surface area contributed by atoms with Crippen molar-refractivity contribution < 1.29 is 4.79 Å². The normalized spacial score (nSPS) is 25.0. The maximum absolute atomic E-state index is 12.8. The van der Waals surface area contributed by atoms with Crippen molar-refractivity contribution in [1.82, 2.24) is 29.6 Å². The van der Waals surface area contributed by atoms with Crippen molar-refractivity contribution in [2.75, 3.05) is 13.1 Å². The Kier molecular flexibility index (Phi) is 2.98. The van der Waals surface area contributed by atoms with Crippen molar-refractivity contribution >= 4 is 5.91 Å². The Labute approximate surface area is 140 Å². The Morgan fingerprint density at radius 2 is 2.17 bits per heavy atom.